The van der Waals surface area contributed by atoms with Crippen LogP contribution in [0.25, 0.3) is 0 Å². The van der Waals surface area contributed by atoms with E-state index < -0.39 is 0 Å². The van der Waals surface area contributed by atoms with E-state index in [1.165, 1.54) is 34.9 Å². The van der Waals surface area contributed by atoms with Crippen LogP contribution in [0.4, 0.5) is 0 Å². The Bertz CT molecular complexity index is 478. The van der Waals surface area contributed by atoms with Crippen molar-refractivity contribution in [2.24, 2.45) is 0 Å². The molecule has 19 heavy (non-hydrogen) atoms. The van der Waals surface area contributed by atoms with E-state index in [0.717, 1.165) is 25.1 Å². The lowest BCUT2D eigenvalue weighted by molar-refractivity contribution is 0.137. The smallest absolute Gasteiger partial charge is 0.126 e. The summed E-state index contributed by atoms with van der Waals surface area (Å²) >= 11 is 3.64. The van der Waals surface area contributed by atoms with Gasteiger partial charge >= 0.3 is 0 Å². The van der Waals surface area contributed by atoms with Gasteiger partial charge in [0.15, 0.2) is 0 Å². The molecule has 1 aromatic rings. The van der Waals surface area contributed by atoms with Crippen LogP contribution in [0.1, 0.15) is 44.2 Å². The topological polar surface area (TPSA) is 21.3 Å². The summed E-state index contributed by atoms with van der Waals surface area (Å²) in [5.41, 5.74) is 2.65. The second-order valence-electron chi connectivity index (χ2n) is 6.44. The molecule has 1 saturated heterocycles. The lowest BCUT2D eigenvalue weighted by Crippen LogP contribution is -2.35. The molecule has 2 nitrogen and oxygen atoms in total. The number of hydrogen-bond donors (Lipinski definition) is 1. The zero-order valence-corrected chi connectivity index (χ0v) is 13.3. The predicted octanol–water partition coefficient (Wildman–Crippen LogP) is 3.85. The van der Waals surface area contributed by atoms with Gasteiger partial charge in [-0.05, 0) is 62.9 Å². The van der Waals surface area contributed by atoms with Crippen molar-refractivity contribution in [1.82, 2.24) is 5.32 Å². The first kappa shape index (κ1) is 13.4. The van der Waals surface area contributed by atoms with Crippen molar-refractivity contribution >= 4 is 15.9 Å². The number of piperidine rings is 1. The summed E-state index contributed by atoms with van der Waals surface area (Å²) in [6.07, 6.45) is 6.03. The quantitative estimate of drug-likeness (QED) is 0.892. The van der Waals surface area contributed by atoms with E-state index >= 15 is 0 Å². The molecule has 3 heteroatoms. The van der Waals surface area contributed by atoms with E-state index in [1.54, 1.807) is 0 Å². The highest BCUT2D eigenvalue weighted by molar-refractivity contribution is 9.10. The van der Waals surface area contributed by atoms with E-state index in [2.05, 4.69) is 47.2 Å². The molecule has 3 rings (SSSR count). The molecule has 2 heterocycles. The predicted molar refractivity (Wildman–Crippen MR) is 81.9 cm³/mol. The molecule has 1 N–H and O–H groups in total. The van der Waals surface area contributed by atoms with Crippen LogP contribution in [-0.4, -0.2) is 18.2 Å². The zero-order chi connectivity index (χ0) is 13.5. The third kappa shape index (κ3) is 2.97. The summed E-state index contributed by atoms with van der Waals surface area (Å²) in [4.78, 5) is 0. The second-order valence-corrected chi connectivity index (χ2v) is 7.36. The Kier molecular flexibility index (Phi) is 3.61. The van der Waals surface area contributed by atoms with Gasteiger partial charge in [-0.1, -0.05) is 22.4 Å². The Balaban J connectivity index is 1.85. The van der Waals surface area contributed by atoms with Crippen LogP contribution in [0, 0.1) is 0 Å². The van der Waals surface area contributed by atoms with Crippen molar-refractivity contribution < 1.29 is 4.74 Å². The van der Waals surface area contributed by atoms with E-state index in [4.69, 9.17) is 4.74 Å². The van der Waals surface area contributed by atoms with Crippen molar-refractivity contribution in [3.8, 4) is 5.75 Å². The third-order valence-electron chi connectivity index (χ3n) is 4.08. The standard InChI is InChI=1S/C16H22BrNO/c1-16(2)10-12-8-13(17)7-11(15(12)19-16)9-14-5-3-4-6-18-14/h7-8,14,18H,3-6,9-10H2,1-2H3. The van der Waals surface area contributed by atoms with Crippen LogP contribution < -0.4 is 10.1 Å². The van der Waals surface area contributed by atoms with Gasteiger partial charge < -0.3 is 10.1 Å². The van der Waals surface area contributed by atoms with Crippen LogP contribution in [0.3, 0.4) is 0 Å². The molecule has 0 aliphatic carbocycles. The fourth-order valence-corrected chi connectivity index (χ4v) is 3.81. The maximum absolute atomic E-state index is 6.17. The third-order valence-corrected chi connectivity index (χ3v) is 4.54. The Morgan fingerprint density at radius 3 is 2.95 bits per heavy atom. The molecular weight excluding hydrogens is 302 g/mol. The van der Waals surface area contributed by atoms with Gasteiger partial charge in [0.2, 0.25) is 0 Å². The average Bonchev–Trinajstić information content (AvgIpc) is 2.65. The van der Waals surface area contributed by atoms with Crippen molar-refractivity contribution in [2.45, 2.75) is 57.6 Å². The number of ether oxygens (including phenoxy) is 1. The SMILES string of the molecule is CC1(C)Cc2cc(Br)cc(CC3CCCCN3)c2O1. The largest absolute Gasteiger partial charge is 0.487 e. The summed E-state index contributed by atoms with van der Waals surface area (Å²) < 4.78 is 7.35. The number of rotatable bonds is 2. The van der Waals surface area contributed by atoms with Crippen LogP contribution in [0.5, 0.6) is 5.75 Å². The molecule has 2 aliphatic heterocycles. The Morgan fingerprint density at radius 2 is 2.21 bits per heavy atom. The first-order chi connectivity index (χ1) is 9.03. The number of nitrogens with one attached hydrogen (secondary N) is 1. The maximum Gasteiger partial charge on any atom is 0.126 e. The molecule has 0 bridgehead atoms. The Hall–Kier alpha value is -0.540. The molecule has 2 aliphatic rings. The van der Waals surface area contributed by atoms with E-state index in [9.17, 15) is 0 Å². The molecule has 0 spiro atoms. The molecular formula is C16H22BrNO. The molecule has 0 amide bonds. The minimum Gasteiger partial charge on any atom is -0.487 e. The first-order valence-corrected chi connectivity index (χ1v) is 8.06. The summed E-state index contributed by atoms with van der Waals surface area (Å²) in [5, 5.41) is 3.63. The Labute approximate surface area is 124 Å². The van der Waals surface area contributed by atoms with Crippen LogP contribution in [-0.2, 0) is 12.8 Å². The minimum atomic E-state index is -0.0577. The van der Waals surface area contributed by atoms with E-state index in [1.807, 2.05) is 0 Å². The monoisotopic (exact) mass is 323 g/mol. The lowest BCUT2D eigenvalue weighted by Gasteiger charge is -2.25. The van der Waals surface area contributed by atoms with Crippen LogP contribution >= 0.6 is 15.9 Å². The number of benzene rings is 1. The summed E-state index contributed by atoms with van der Waals surface area (Å²) in [7, 11) is 0. The van der Waals surface area contributed by atoms with Gasteiger partial charge in [0.05, 0.1) is 0 Å². The molecule has 1 atom stereocenters. The fraction of sp³-hybridized carbons (Fsp3) is 0.625. The van der Waals surface area contributed by atoms with Gasteiger partial charge in [0.25, 0.3) is 0 Å². The van der Waals surface area contributed by atoms with Gasteiger partial charge in [-0.2, -0.15) is 0 Å². The average molecular weight is 324 g/mol. The van der Waals surface area contributed by atoms with Gasteiger partial charge in [0.1, 0.15) is 11.4 Å². The molecule has 0 aromatic heterocycles. The highest BCUT2D eigenvalue weighted by atomic mass is 79.9. The summed E-state index contributed by atoms with van der Waals surface area (Å²) in [5.74, 6) is 1.14. The summed E-state index contributed by atoms with van der Waals surface area (Å²) in [6.45, 7) is 5.50. The molecule has 0 saturated carbocycles. The molecule has 0 radical (unpaired) electrons. The van der Waals surface area contributed by atoms with Gasteiger partial charge in [0, 0.05) is 16.9 Å². The zero-order valence-electron chi connectivity index (χ0n) is 11.8. The molecule has 1 fully saturated rings. The number of fused-ring (bicyclic) bond motifs is 1. The fourth-order valence-electron chi connectivity index (χ4n) is 3.26. The number of halogens is 1. The van der Waals surface area contributed by atoms with Crippen LogP contribution in [0.2, 0.25) is 0 Å². The van der Waals surface area contributed by atoms with Gasteiger partial charge in [-0.15, -0.1) is 0 Å². The van der Waals surface area contributed by atoms with Gasteiger partial charge in [-0.3, -0.25) is 0 Å². The van der Waals surface area contributed by atoms with E-state index in [-0.39, 0.29) is 5.60 Å². The molecule has 1 unspecified atom stereocenters. The molecule has 104 valence electrons. The van der Waals surface area contributed by atoms with E-state index in [0.29, 0.717) is 6.04 Å². The summed E-state index contributed by atoms with van der Waals surface area (Å²) in [6, 6.07) is 5.05. The van der Waals surface area contributed by atoms with Crippen LogP contribution in [0.15, 0.2) is 16.6 Å². The Morgan fingerprint density at radius 1 is 1.37 bits per heavy atom. The lowest BCUT2D eigenvalue weighted by atomic mass is 9.95. The maximum atomic E-state index is 6.17. The highest BCUT2D eigenvalue weighted by Gasteiger charge is 2.32. The molecule has 1 aromatic carbocycles. The van der Waals surface area contributed by atoms with Gasteiger partial charge in [-0.25, -0.2) is 0 Å². The number of hydrogen-bond acceptors (Lipinski definition) is 2. The van der Waals surface area contributed by atoms with Crippen molar-refractivity contribution in [3.05, 3.63) is 27.7 Å². The first-order valence-electron chi connectivity index (χ1n) is 7.27. The van der Waals surface area contributed by atoms with Crippen molar-refractivity contribution in [2.75, 3.05) is 6.54 Å². The normalized spacial score (nSPS) is 24.9. The second kappa shape index (κ2) is 5.10. The van der Waals surface area contributed by atoms with Crippen molar-refractivity contribution in [1.29, 1.82) is 0 Å². The highest BCUT2D eigenvalue weighted by Crippen LogP contribution is 2.40. The van der Waals surface area contributed by atoms with Crippen molar-refractivity contribution in [3.63, 3.8) is 0 Å². The minimum absolute atomic E-state index is 0.0577.